The number of rotatable bonds is 7. The molecule has 2 N–H and O–H groups in total. The number of carbonyl (C=O) groups is 2. The number of amides is 1. The summed E-state index contributed by atoms with van der Waals surface area (Å²) in [6.45, 7) is 4.18. The lowest BCUT2D eigenvalue weighted by Crippen LogP contribution is -2.30. The van der Waals surface area contributed by atoms with E-state index >= 15 is 0 Å². The Morgan fingerprint density at radius 2 is 1.72 bits per heavy atom. The van der Waals surface area contributed by atoms with Crippen molar-refractivity contribution in [2.24, 2.45) is 0 Å². The Hall–Kier alpha value is -2.82. The van der Waals surface area contributed by atoms with Crippen LogP contribution in [0.4, 0.5) is 0 Å². The molecule has 132 valence electrons. The highest BCUT2D eigenvalue weighted by Gasteiger charge is 2.19. The van der Waals surface area contributed by atoms with Crippen molar-refractivity contribution in [2.45, 2.75) is 32.2 Å². The maximum Gasteiger partial charge on any atom is 0.305 e. The highest BCUT2D eigenvalue weighted by molar-refractivity contribution is 5.95. The number of methoxy groups -OCH3 is 1. The average molecular weight is 341 g/mol. The Labute approximate surface area is 147 Å². The minimum atomic E-state index is -0.969. The van der Waals surface area contributed by atoms with Gasteiger partial charge in [0.15, 0.2) is 0 Å². The minimum absolute atomic E-state index is 0.184. The first-order valence-corrected chi connectivity index (χ1v) is 8.17. The van der Waals surface area contributed by atoms with Crippen LogP contribution < -0.4 is 10.1 Å². The van der Waals surface area contributed by atoms with Crippen molar-refractivity contribution in [2.75, 3.05) is 7.11 Å². The van der Waals surface area contributed by atoms with E-state index in [1.165, 1.54) is 7.11 Å². The van der Waals surface area contributed by atoms with Crippen LogP contribution in [0.15, 0.2) is 48.5 Å². The number of nitrogens with one attached hydrogen (secondary N) is 1. The fourth-order valence-electron chi connectivity index (χ4n) is 2.55. The fourth-order valence-corrected chi connectivity index (χ4v) is 2.55. The standard InChI is InChI=1S/C20H23NO4/c1-13(2)14-7-9-15(10-8-14)18(12-19(22)23)21-20(24)16-5-4-6-17(11-16)25-3/h4-11,13,18H,12H2,1-3H3,(H,21,24)(H,22,23)/t18-/m1/s1. The van der Waals surface area contributed by atoms with Gasteiger partial charge >= 0.3 is 5.97 Å². The van der Waals surface area contributed by atoms with Crippen LogP contribution in [-0.2, 0) is 4.79 Å². The summed E-state index contributed by atoms with van der Waals surface area (Å²) in [6, 6.07) is 13.8. The predicted octanol–water partition coefficient (Wildman–Crippen LogP) is 3.76. The molecule has 0 bridgehead atoms. The fraction of sp³-hybridized carbons (Fsp3) is 0.300. The topological polar surface area (TPSA) is 75.6 Å². The molecule has 0 fully saturated rings. The van der Waals surface area contributed by atoms with E-state index in [9.17, 15) is 14.7 Å². The molecule has 2 aromatic carbocycles. The number of hydrogen-bond donors (Lipinski definition) is 2. The zero-order valence-corrected chi connectivity index (χ0v) is 14.7. The molecule has 0 aromatic heterocycles. The molecule has 0 spiro atoms. The third-order valence-corrected chi connectivity index (χ3v) is 4.02. The van der Waals surface area contributed by atoms with E-state index in [-0.39, 0.29) is 12.3 Å². The summed E-state index contributed by atoms with van der Waals surface area (Å²) in [5.41, 5.74) is 2.36. The van der Waals surface area contributed by atoms with Crippen LogP contribution in [0.5, 0.6) is 5.75 Å². The highest BCUT2D eigenvalue weighted by Crippen LogP contribution is 2.22. The molecule has 5 heteroatoms. The number of benzene rings is 2. The maximum absolute atomic E-state index is 12.5. The van der Waals surface area contributed by atoms with Crippen LogP contribution >= 0.6 is 0 Å². The van der Waals surface area contributed by atoms with Gasteiger partial charge in [0.05, 0.1) is 19.6 Å². The molecule has 0 aliphatic carbocycles. The van der Waals surface area contributed by atoms with E-state index in [0.29, 0.717) is 17.2 Å². The quantitative estimate of drug-likeness (QED) is 0.804. The molecule has 0 aliphatic rings. The third-order valence-electron chi connectivity index (χ3n) is 4.02. The van der Waals surface area contributed by atoms with Crippen LogP contribution in [0.25, 0.3) is 0 Å². The van der Waals surface area contributed by atoms with Gasteiger partial charge in [0.25, 0.3) is 5.91 Å². The number of carboxylic acid groups (broad SMARTS) is 1. The molecule has 0 saturated carbocycles. The van der Waals surface area contributed by atoms with Gasteiger partial charge in [-0.3, -0.25) is 9.59 Å². The summed E-state index contributed by atoms with van der Waals surface area (Å²) < 4.78 is 5.12. The van der Waals surface area contributed by atoms with E-state index in [1.54, 1.807) is 24.3 Å². The molecule has 0 saturated heterocycles. The summed E-state index contributed by atoms with van der Waals surface area (Å²) in [6.07, 6.45) is -0.184. The first-order chi connectivity index (χ1) is 11.9. The second-order valence-electron chi connectivity index (χ2n) is 6.18. The summed E-state index contributed by atoms with van der Waals surface area (Å²) in [5, 5.41) is 12.0. The molecule has 2 rings (SSSR count). The summed E-state index contributed by atoms with van der Waals surface area (Å²) in [7, 11) is 1.53. The van der Waals surface area contributed by atoms with Crippen molar-refractivity contribution in [3.63, 3.8) is 0 Å². The molecule has 25 heavy (non-hydrogen) atoms. The molecule has 1 amide bonds. The van der Waals surface area contributed by atoms with Crippen LogP contribution in [0.1, 0.15) is 53.7 Å². The normalized spacial score (nSPS) is 11.8. The van der Waals surface area contributed by atoms with E-state index < -0.39 is 12.0 Å². The largest absolute Gasteiger partial charge is 0.497 e. The van der Waals surface area contributed by atoms with Gasteiger partial charge < -0.3 is 15.2 Å². The van der Waals surface area contributed by atoms with Crippen molar-refractivity contribution in [3.8, 4) is 5.75 Å². The van der Waals surface area contributed by atoms with Gasteiger partial charge in [0, 0.05) is 5.56 Å². The third kappa shape index (κ3) is 5.08. The van der Waals surface area contributed by atoms with Crippen LogP contribution in [0.2, 0.25) is 0 Å². The molecule has 5 nitrogen and oxygen atoms in total. The summed E-state index contributed by atoms with van der Waals surface area (Å²) >= 11 is 0. The Bertz CT molecular complexity index is 738. The van der Waals surface area contributed by atoms with Gasteiger partial charge in [-0.15, -0.1) is 0 Å². The number of aliphatic carboxylic acids is 1. The van der Waals surface area contributed by atoms with E-state index in [0.717, 1.165) is 11.1 Å². The zero-order chi connectivity index (χ0) is 18.4. The van der Waals surface area contributed by atoms with Gasteiger partial charge in [0.2, 0.25) is 0 Å². The van der Waals surface area contributed by atoms with Gasteiger partial charge in [-0.2, -0.15) is 0 Å². The predicted molar refractivity (Wildman–Crippen MR) is 96.0 cm³/mol. The molecule has 2 aromatic rings. The second kappa shape index (κ2) is 8.33. The minimum Gasteiger partial charge on any atom is -0.497 e. The molecule has 1 atom stereocenters. The van der Waals surface area contributed by atoms with Crippen LogP contribution in [-0.4, -0.2) is 24.1 Å². The maximum atomic E-state index is 12.5. The molecule has 0 aliphatic heterocycles. The van der Waals surface area contributed by atoms with Gasteiger partial charge in [-0.1, -0.05) is 44.2 Å². The first kappa shape index (κ1) is 18.5. The van der Waals surface area contributed by atoms with Gasteiger partial charge in [-0.25, -0.2) is 0 Å². The second-order valence-corrected chi connectivity index (χ2v) is 6.18. The van der Waals surface area contributed by atoms with Crippen molar-refractivity contribution >= 4 is 11.9 Å². The monoisotopic (exact) mass is 341 g/mol. The first-order valence-electron chi connectivity index (χ1n) is 8.17. The lowest BCUT2D eigenvalue weighted by atomic mass is 9.97. The van der Waals surface area contributed by atoms with Crippen molar-refractivity contribution in [1.82, 2.24) is 5.32 Å². The van der Waals surface area contributed by atoms with Crippen molar-refractivity contribution in [1.29, 1.82) is 0 Å². The van der Waals surface area contributed by atoms with Crippen molar-refractivity contribution < 1.29 is 19.4 Å². The van der Waals surface area contributed by atoms with Crippen LogP contribution in [0.3, 0.4) is 0 Å². The Kier molecular flexibility index (Phi) is 6.17. The zero-order valence-electron chi connectivity index (χ0n) is 14.7. The molecular formula is C20H23NO4. The number of ether oxygens (including phenoxy) is 1. The molecular weight excluding hydrogens is 318 g/mol. The van der Waals surface area contributed by atoms with E-state index in [4.69, 9.17) is 4.74 Å². The average Bonchev–Trinajstić information content (AvgIpc) is 2.60. The Morgan fingerprint density at radius 3 is 2.28 bits per heavy atom. The Morgan fingerprint density at radius 1 is 1.08 bits per heavy atom. The van der Waals surface area contributed by atoms with Gasteiger partial charge in [-0.05, 0) is 35.2 Å². The van der Waals surface area contributed by atoms with E-state index in [1.807, 2.05) is 24.3 Å². The summed E-state index contributed by atoms with van der Waals surface area (Å²) in [5.74, 6) is -0.343. The van der Waals surface area contributed by atoms with Gasteiger partial charge in [0.1, 0.15) is 5.75 Å². The number of carbonyl (C=O) groups excluding carboxylic acids is 1. The SMILES string of the molecule is COc1cccc(C(=O)N[C@H](CC(=O)O)c2ccc(C(C)C)cc2)c1. The summed E-state index contributed by atoms with van der Waals surface area (Å²) in [4.78, 5) is 23.7. The highest BCUT2D eigenvalue weighted by atomic mass is 16.5. The van der Waals surface area contributed by atoms with Crippen molar-refractivity contribution in [3.05, 3.63) is 65.2 Å². The lowest BCUT2D eigenvalue weighted by molar-refractivity contribution is -0.137. The molecule has 0 radical (unpaired) electrons. The number of carboxylic acids is 1. The lowest BCUT2D eigenvalue weighted by Gasteiger charge is -2.18. The Balaban J connectivity index is 2.21. The smallest absolute Gasteiger partial charge is 0.305 e. The molecule has 0 unspecified atom stereocenters. The van der Waals surface area contributed by atoms with E-state index in [2.05, 4.69) is 19.2 Å². The van der Waals surface area contributed by atoms with Crippen LogP contribution in [0, 0.1) is 0 Å². The number of hydrogen-bond acceptors (Lipinski definition) is 3. The molecule has 0 heterocycles.